The molecular formula is C17H19N3O3. The summed E-state index contributed by atoms with van der Waals surface area (Å²) in [7, 11) is 0. The highest BCUT2D eigenvalue weighted by molar-refractivity contribution is 6.21. The Hall–Kier alpha value is -2.68. The fourth-order valence-corrected chi connectivity index (χ4v) is 2.54. The Morgan fingerprint density at radius 2 is 1.78 bits per heavy atom. The first kappa shape index (κ1) is 16.7. The lowest BCUT2D eigenvalue weighted by Crippen LogP contribution is -2.38. The van der Waals surface area contributed by atoms with Crippen LogP contribution in [-0.2, 0) is 4.79 Å². The van der Waals surface area contributed by atoms with E-state index in [0.29, 0.717) is 17.5 Å². The second-order valence-corrected chi connectivity index (χ2v) is 5.94. The third kappa shape index (κ3) is 3.75. The molecule has 1 aromatic rings. The minimum absolute atomic E-state index is 0.0119. The first-order valence-electron chi connectivity index (χ1n) is 7.58. The molecule has 0 fully saturated rings. The van der Waals surface area contributed by atoms with E-state index in [9.17, 15) is 14.4 Å². The zero-order valence-corrected chi connectivity index (χ0v) is 13.2. The van der Waals surface area contributed by atoms with E-state index < -0.39 is 6.04 Å². The average molecular weight is 313 g/mol. The number of nitrogens with zero attached hydrogens (tertiary/aromatic N) is 2. The molecule has 6 nitrogen and oxygen atoms in total. The molecule has 1 aromatic carbocycles. The second-order valence-electron chi connectivity index (χ2n) is 5.94. The molecular weight excluding hydrogens is 294 g/mol. The van der Waals surface area contributed by atoms with E-state index in [-0.39, 0.29) is 36.6 Å². The Bertz CT molecular complexity index is 641. The molecule has 1 aliphatic heterocycles. The van der Waals surface area contributed by atoms with Crippen molar-refractivity contribution in [1.82, 2.24) is 10.2 Å². The van der Waals surface area contributed by atoms with Crippen LogP contribution in [0.4, 0.5) is 0 Å². The normalized spacial score (nSPS) is 14.6. The topological polar surface area (TPSA) is 90.3 Å². The zero-order chi connectivity index (χ0) is 17.0. The number of imide groups is 1. The van der Waals surface area contributed by atoms with Gasteiger partial charge in [-0.25, -0.2) is 0 Å². The van der Waals surface area contributed by atoms with Crippen LogP contribution >= 0.6 is 0 Å². The lowest BCUT2D eigenvalue weighted by Gasteiger charge is -2.16. The van der Waals surface area contributed by atoms with Crippen LogP contribution in [0.5, 0.6) is 0 Å². The second kappa shape index (κ2) is 7.05. The minimum atomic E-state index is -0.551. The molecule has 0 bridgehead atoms. The van der Waals surface area contributed by atoms with Gasteiger partial charge in [0.2, 0.25) is 5.91 Å². The fourth-order valence-electron chi connectivity index (χ4n) is 2.54. The number of carbonyl (C=O) groups is 3. The van der Waals surface area contributed by atoms with Crippen LogP contribution in [0.25, 0.3) is 0 Å². The molecule has 0 aromatic heterocycles. The van der Waals surface area contributed by atoms with Gasteiger partial charge < -0.3 is 5.32 Å². The van der Waals surface area contributed by atoms with E-state index in [2.05, 4.69) is 5.32 Å². The van der Waals surface area contributed by atoms with E-state index in [4.69, 9.17) is 5.26 Å². The van der Waals surface area contributed by atoms with Crippen LogP contribution in [-0.4, -0.2) is 35.2 Å². The third-order valence-corrected chi connectivity index (χ3v) is 3.64. The number of carbonyl (C=O) groups excluding carboxylic acids is 3. The van der Waals surface area contributed by atoms with Crippen LogP contribution < -0.4 is 5.32 Å². The van der Waals surface area contributed by atoms with Crippen molar-refractivity contribution in [3.05, 3.63) is 35.4 Å². The van der Waals surface area contributed by atoms with E-state index in [1.165, 1.54) is 0 Å². The smallest absolute Gasteiger partial charge is 0.261 e. The van der Waals surface area contributed by atoms with Gasteiger partial charge in [-0.15, -0.1) is 0 Å². The van der Waals surface area contributed by atoms with E-state index in [1.807, 2.05) is 19.9 Å². The highest BCUT2D eigenvalue weighted by atomic mass is 16.2. The molecule has 120 valence electrons. The van der Waals surface area contributed by atoms with Crippen LogP contribution in [0.3, 0.4) is 0 Å². The van der Waals surface area contributed by atoms with Crippen LogP contribution in [0.15, 0.2) is 24.3 Å². The minimum Gasteiger partial charge on any atom is -0.340 e. The van der Waals surface area contributed by atoms with Crippen molar-refractivity contribution in [2.45, 2.75) is 32.7 Å². The molecule has 0 saturated heterocycles. The summed E-state index contributed by atoms with van der Waals surface area (Å²) >= 11 is 0. The van der Waals surface area contributed by atoms with Crippen molar-refractivity contribution in [3.8, 4) is 6.07 Å². The molecule has 0 aliphatic carbocycles. The van der Waals surface area contributed by atoms with Crippen molar-refractivity contribution in [3.63, 3.8) is 0 Å². The zero-order valence-electron chi connectivity index (χ0n) is 13.2. The van der Waals surface area contributed by atoms with Gasteiger partial charge in [0.25, 0.3) is 11.8 Å². The quantitative estimate of drug-likeness (QED) is 0.810. The first-order valence-corrected chi connectivity index (χ1v) is 7.58. The lowest BCUT2D eigenvalue weighted by atomic mass is 10.0. The Labute approximate surface area is 135 Å². The summed E-state index contributed by atoms with van der Waals surface area (Å²) in [5.41, 5.74) is 0.736. The van der Waals surface area contributed by atoms with Gasteiger partial charge in [-0.3, -0.25) is 19.3 Å². The average Bonchev–Trinajstić information content (AvgIpc) is 2.76. The number of fused-ring (bicyclic) bond motifs is 1. The molecule has 1 heterocycles. The maximum Gasteiger partial charge on any atom is 0.261 e. The monoisotopic (exact) mass is 313 g/mol. The van der Waals surface area contributed by atoms with Gasteiger partial charge in [-0.1, -0.05) is 26.0 Å². The largest absolute Gasteiger partial charge is 0.340 e. The summed E-state index contributed by atoms with van der Waals surface area (Å²) in [6.07, 6.45) is 0.553. The summed E-state index contributed by atoms with van der Waals surface area (Å²) < 4.78 is 0. The molecule has 3 amide bonds. The molecule has 1 aliphatic rings. The highest BCUT2D eigenvalue weighted by Gasteiger charge is 2.35. The SMILES string of the molecule is CC(C)CC(C#N)NC(=O)CCN1C(=O)c2ccccc2C1=O. The predicted octanol–water partition coefficient (Wildman–Crippen LogP) is 1.73. The Balaban J connectivity index is 1.92. The van der Waals surface area contributed by atoms with Gasteiger partial charge in [0.1, 0.15) is 6.04 Å². The molecule has 1 N–H and O–H groups in total. The standard InChI is InChI=1S/C17H19N3O3/c1-11(2)9-12(10-18)19-15(21)7-8-20-16(22)13-5-3-4-6-14(13)17(20)23/h3-6,11-12H,7-9H2,1-2H3,(H,19,21). The number of nitrogens with one attached hydrogen (secondary N) is 1. The summed E-state index contributed by atoms with van der Waals surface area (Å²) in [4.78, 5) is 37.3. The number of nitriles is 1. The molecule has 1 unspecified atom stereocenters. The van der Waals surface area contributed by atoms with Crippen molar-refractivity contribution in [2.75, 3.05) is 6.54 Å². The van der Waals surface area contributed by atoms with Gasteiger partial charge in [0, 0.05) is 13.0 Å². The van der Waals surface area contributed by atoms with Gasteiger partial charge in [-0.2, -0.15) is 5.26 Å². The van der Waals surface area contributed by atoms with Gasteiger partial charge in [-0.05, 0) is 24.5 Å². The summed E-state index contributed by atoms with van der Waals surface area (Å²) in [5.74, 6) is -0.806. The summed E-state index contributed by atoms with van der Waals surface area (Å²) in [6, 6.07) is 8.09. The number of benzene rings is 1. The van der Waals surface area contributed by atoms with Crippen molar-refractivity contribution < 1.29 is 14.4 Å². The lowest BCUT2D eigenvalue weighted by molar-refractivity contribution is -0.121. The van der Waals surface area contributed by atoms with Crippen LogP contribution in [0.2, 0.25) is 0 Å². The van der Waals surface area contributed by atoms with E-state index in [0.717, 1.165) is 4.90 Å². The maximum atomic E-state index is 12.2. The van der Waals surface area contributed by atoms with Gasteiger partial charge in [0.05, 0.1) is 17.2 Å². The Morgan fingerprint density at radius 3 is 2.26 bits per heavy atom. The van der Waals surface area contributed by atoms with Crippen LogP contribution in [0.1, 0.15) is 47.4 Å². The number of hydrogen-bond donors (Lipinski definition) is 1. The summed E-state index contributed by atoms with van der Waals surface area (Å²) in [6.45, 7) is 3.95. The summed E-state index contributed by atoms with van der Waals surface area (Å²) in [5, 5.41) is 11.6. The first-order chi connectivity index (χ1) is 10.9. The van der Waals surface area contributed by atoms with E-state index >= 15 is 0 Å². The number of hydrogen-bond acceptors (Lipinski definition) is 4. The van der Waals surface area contributed by atoms with Crippen LogP contribution in [0, 0.1) is 17.2 Å². The van der Waals surface area contributed by atoms with Crippen molar-refractivity contribution in [1.29, 1.82) is 5.26 Å². The molecule has 0 spiro atoms. The number of rotatable bonds is 6. The van der Waals surface area contributed by atoms with Gasteiger partial charge in [0.15, 0.2) is 0 Å². The molecule has 0 saturated carbocycles. The predicted molar refractivity (Wildman–Crippen MR) is 83.4 cm³/mol. The van der Waals surface area contributed by atoms with E-state index in [1.54, 1.807) is 24.3 Å². The number of amides is 3. The highest BCUT2D eigenvalue weighted by Crippen LogP contribution is 2.22. The molecule has 23 heavy (non-hydrogen) atoms. The third-order valence-electron chi connectivity index (χ3n) is 3.64. The van der Waals surface area contributed by atoms with Gasteiger partial charge >= 0.3 is 0 Å². The van der Waals surface area contributed by atoms with Crippen molar-refractivity contribution in [2.24, 2.45) is 5.92 Å². The molecule has 1 atom stereocenters. The maximum absolute atomic E-state index is 12.2. The molecule has 0 radical (unpaired) electrons. The van der Waals surface area contributed by atoms with Crippen molar-refractivity contribution >= 4 is 17.7 Å². The Kier molecular flexibility index (Phi) is 5.12. The molecule has 2 rings (SSSR count). The Morgan fingerprint density at radius 1 is 1.22 bits per heavy atom. The molecule has 6 heteroatoms. The fraction of sp³-hybridized carbons (Fsp3) is 0.412.